The Labute approximate surface area is 218 Å². The Bertz CT molecular complexity index is 1490. The van der Waals surface area contributed by atoms with Crippen molar-refractivity contribution in [3.8, 4) is 22.7 Å². The molecule has 10 nitrogen and oxygen atoms in total. The van der Waals surface area contributed by atoms with Gasteiger partial charge in [0.25, 0.3) is 5.91 Å². The van der Waals surface area contributed by atoms with Crippen molar-refractivity contribution >= 4 is 28.7 Å². The zero-order chi connectivity index (χ0) is 26.2. The largest absolute Gasteiger partial charge is 0.496 e. The molecule has 2 saturated heterocycles. The van der Waals surface area contributed by atoms with Gasteiger partial charge in [0, 0.05) is 38.3 Å². The number of piperazine rings is 1. The minimum absolute atomic E-state index is 0.0508. The van der Waals surface area contributed by atoms with E-state index in [9.17, 15) is 9.18 Å². The molecule has 1 unspecified atom stereocenters. The normalized spacial score (nSPS) is 17.8. The molecular formula is C27H28FN7O3. The van der Waals surface area contributed by atoms with Crippen LogP contribution in [-0.4, -0.2) is 76.6 Å². The highest BCUT2D eigenvalue weighted by molar-refractivity contribution is 6.00. The van der Waals surface area contributed by atoms with Gasteiger partial charge in [-0.2, -0.15) is 4.98 Å². The molecule has 2 aliphatic heterocycles. The van der Waals surface area contributed by atoms with Gasteiger partial charge in [-0.3, -0.25) is 4.79 Å². The second-order valence-electron chi connectivity index (χ2n) is 9.36. The van der Waals surface area contributed by atoms with Crippen LogP contribution < -0.4 is 15.4 Å². The zero-order valence-corrected chi connectivity index (χ0v) is 21.0. The average Bonchev–Trinajstić information content (AvgIpc) is 3.61. The van der Waals surface area contributed by atoms with Gasteiger partial charge in [-0.15, -0.1) is 5.10 Å². The Hall–Kier alpha value is -4.25. The van der Waals surface area contributed by atoms with Crippen LogP contribution in [0.3, 0.4) is 0 Å². The van der Waals surface area contributed by atoms with E-state index in [1.807, 2.05) is 34.1 Å². The van der Waals surface area contributed by atoms with E-state index in [1.54, 1.807) is 19.2 Å². The van der Waals surface area contributed by atoms with Crippen molar-refractivity contribution in [2.75, 3.05) is 50.5 Å². The second kappa shape index (κ2) is 9.90. The monoisotopic (exact) mass is 517 g/mol. The maximum absolute atomic E-state index is 14.0. The molecule has 0 spiro atoms. The molecule has 0 bridgehead atoms. The van der Waals surface area contributed by atoms with Crippen molar-refractivity contribution in [1.29, 1.82) is 0 Å². The van der Waals surface area contributed by atoms with E-state index < -0.39 is 5.82 Å². The molecule has 11 heteroatoms. The van der Waals surface area contributed by atoms with Gasteiger partial charge in [-0.1, -0.05) is 18.2 Å². The highest BCUT2D eigenvalue weighted by Crippen LogP contribution is 2.37. The van der Waals surface area contributed by atoms with Crippen LogP contribution in [0.1, 0.15) is 12.8 Å². The summed E-state index contributed by atoms with van der Waals surface area (Å²) in [6.07, 6.45) is 1.36. The van der Waals surface area contributed by atoms with Gasteiger partial charge in [0.15, 0.2) is 5.65 Å². The quantitative estimate of drug-likeness (QED) is 0.430. The summed E-state index contributed by atoms with van der Waals surface area (Å²) in [5.41, 5.74) is 8.75. The van der Waals surface area contributed by atoms with Crippen LogP contribution in [0.2, 0.25) is 0 Å². The fourth-order valence-corrected chi connectivity index (χ4v) is 5.08. The number of methoxy groups -OCH3 is 1. The zero-order valence-electron chi connectivity index (χ0n) is 21.0. The molecule has 4 aromatic rings. The number of anilines is 2. The highest BCUT2D eigenvalue weighted by atomic mass is 19.1. The minimum atomic E-state index is -0.395. The van der Waals surface area contributed by atoms with Crippen LogP contribution in [0, 0.1) is 5.82 Å². The molecule has 2 aliphatic rings. The number of fused-ring (bicyclic) bond motifs is 1. The Morgan fingerprint density at radius 3 is 2.66 bits per heavy atom. The van der Waals surface area contributed by atoms with Gasteiger partial charge in [0.1, 0.15) is 23.5 Å². The van der Waals surface area contributed by atoms with Crippen molar-refractivity contribution in [2.45, 2.75) is 18.9 Å². The van der Waals surface area contributed by atoms with Crippen LogP contribution >= 0.6 is 0 Å². The first-order chi connectivity index (χ1) is 18.5. The Morgan fingerprint density at radius 1 is 1.11 bits per heavy atom. The van der Waals surface area contributed by atoms with Crippen molar-refractivity contribution < 1.29 is 18.7 Å². The highest BCUT2D eigenvalue weighted by Gasteiger charge is 2.31. The summed E-state index contributed by atoms with van der Waals surface area (Å²) < 4.78 is 26.7. The summed E-state index contributed by atoms with van der Waals surface area (Å²) in [5, 5.41) is 5.19. The van der Waals surface area contributed by atoms with Gasteiger partial charge >= 0.3 is 0 Å². The molecule has 0 aliphatic carbocycles. The molecule has 4 heterocycles. The van der Waals surface area contributed by atoms with Crippen molar-refractivity contribution in [3.63, 3.8) is 0 Å². The van der Waals surface area contributed by atoms with E-state index in [-0.39, 0.29) is 12.0 Å². The molecule has 2 N–H and O–H groups in total. The number of aromatic nitrogens is 4. The van der Waals surface area contributed by atoms with Crippen LogP contribution in [0.4, 0.5) is 16.2 Å². The number of hydrogen-bond donors (Lipinski definition) is 1. The molecule has 0 radical (unpaired) electrons. The second-order valence-corrected chi connectivity index (χ2v) is 9.36. The van der Waals surface area contributed by atoms with E-state index in [0.717, 1.165) is 18.4 Å². The molecule has 2 fully saturated rings. The fourth-order valence-electron chi connectivity index (χ4n) is 5.08. The number of benzene rings is 2. The van der Waals surface area contributed by atoms with Crippen LogP contribution in [0.5, 0.6) is 5.75 Å². The molecule has 2 aromatic carbocycles. The lowest BCUT2D eigenvalue weighted by molar-refractivity contribution is -0.141. The first kappa shape index (κ1) is 24.1. The lowest BCUT2D eigenvalue weighted by Crippen LogP contribution is -2.51. The molecular weight excluding hydrogens is 489 g/mol. The number of nitrogens with zero attached hydrogens (tertiary/aromatic N) is 6. The number of rotatable bonds is 5. The van der Waals surface area contributed by atoms with Crippen LogP contribution in [0.25, 0.3) is 28.0 Å². The number of hydrogen-bond acceptors (Lipinski definition) is 8. The van der Waals surface area contributed by atoms with E-state index >= 15 is 0 Å². The van der Waals surface area contributed by atoms with Gasteiger partial charge in [0.05, 0.1) is 23.9 Å². The summed E-state index contributed by atoms with van der Waals surface area (Å²) in [6.45, 7) is 2.86. The number of halogens is 1. The summed E-state index contributed by atoms with van der Waals surface area (Å²) in [6, 6.07) is 13.6. The minimum Gasteiger partial charge on any atom is -0.496 e. The summed E-state index contributed by atoms with van der Waals surface area (Å²) in [7, 11) is 1.60. The SMILES string of the molecule is COc1ccccc1-c1nc(N2CCN(C(=O)C3CCCO3)CC2)nc2nn(-c3cccc(F)c3)c(N)c12. The molecule has 38 heavy (non-hydrogen) atoms. The third-order valence-corrected chi connectivity index (χ3v) is 7.05. The number of para-hydroxylation sites is 1. The topological polar surface area (TPSA) is 112 Å². The summed E-state index contributed by atoms with van der Waals surface area (Å²) >= 11 is 0. The van der Waals surface area contributed by atoms with Gasteiger partial charge in [0.2, 0.25) is 5.95 Å². The lowest BCUT2D eigenvalue weighted by Gasteiger charge is -2.35. The Balaban J connectivity index is 1.40. The number of ether oxygens (including phenoxy) is 2. The third-order valence-electron chi connectivity index (χ3n) is 7.05. The van der Waals surface area contributed by atoms with E-state index in [4.69, 9.17) is 25.2 Å². The van der Waals surface area contributed by atoms with Gasteiger partial charge in [-0.05, 0) is 43.2 Å². The molecule has 196 valence electrons. The Kier molecular flexibility index (Phi) is 6.28. The standard InChI is InChI=1S/C27H28FN7O3/c1-37-20-9-3-2-8-19(20)23-22-24(29)35(18-7-4-6-17(28)16-18)32-25(22)31-27(30-23)34-13-11-33(12-14-34)26(36)21-10-5-15-38-21/h2-4,6-9,16,21H,5,10-15,29H2,1H3. The number of amides is 1. The van der Waals surface area contributed by atoms with Crippen LogP contribution in [-0.2, 0) is 9.53 Å². The average molecular weight is 518 g/mol. The smallest absolute Gasteiger partial charge is 0.251 e. The van der Waals surface area contributed by atoms with Crippen molar-refractivity contribution in [2.24, 2.45) is 0 Å². The third kappa shape index (κ3) is 4.28. The molecule has 1 amide bonds. The maximum atomic E-state index is 14.0. The first-order valence-electron chi connectivity index (χ1n) is 12.6. The van der Waals surface area contributed by atoms with Crippen molar-refractivity contribution in [1.82, 2.24) is 24.6 Å². The summed E-state index contributed by atoms with van der Waals surface area (Å²) in [5.74, 6) is 1.06. The van der Waals surface area contributed by atoms with Gasteiger partial charge < -0.3 is 25.0 Å². The number of nitrogens with two attached hydrogens (primary N) is 1. The predicted molar refractivity (Wildman–Crippen MR) is 141 cm³/mol. The van der Waals surface area contributed by atoms with E-state index in [1.165, 1.54) is 16.8 Å². The molecule has 1 atom stereocenters. The van der Waals surface area contributed by atoms with Crippen LogP contribution in [0.15, 0.2) is 48.5 Å². The first-order valence-corrected chi connectivity index (χ1v) is 12.6. The Morgan fingerprint density at radius 2 is 1.92 bits per heavy atom. The van der Waals surface area contributed by atoms with E-state index in [0.29, 0.717) is 72.7 Å². The fraction of sp³-hybridized carbons (Fsp3) is 0.333. The number of carbonyl (C=O) groups excluding carboxylic acids is 1. The predicted octanol–water partition coefficient (Wildman–Crippen LogP) is 3.04. The van der Waals surface area contributed by atoms with E-state index in [2.05, 4.69) is 5.10 Å². The number of nitrogen functional groups attached to an aromatic ring is 1. The van der Waals surface area contributed by atoms with Gasteiger partial charge in [-0.25, -0.2) is 14.1 Å². The molecule has 0 saturated carbocycles. The molecule has 6 rings (SSSR count). The summed E-state index contributed by atoms with van der Waals surface area (Å²) in [4.78, 5) is 26.4. The molecule has 2 aromatic heterocycles. The number of carbonyl (C=O) groups is 1. The maximum Gasteiger partial charge on any atom is 0.251 e. The van der Waals surface area contributed by atoms with Crippen molar-refractivity contribution in [3.05, 3.63) is 54.3 Å². The lowest BCUT2D eigenvalue weighted by atomic mass is 10.1.